The number of aromatic nitrogens is 2. The van der Waals surface area contributed by atoms with Crippen LogP contribution in [0.25, 0.3) is 11.3 Å². The van der Waals surface area contributed by atoms with E-state index in [9.17, 15) is 0 Å². The van der Waals surface area contributed by atoms with Crippen LogP contribution in [0, 0.1) is 19.8 Å². The Labute approximate surface area is 119 Å². The molecule has 1 aromatic carbocycles. The van der Waals surface area contributed by atoms with Gasteiger partial charge in [0, 0.05) is 12.1 Å². The second-order valence-corrected chi connectivity index (χ2v) is 6.21. The maximum absolute atomic E-state index is 4.28. The van der Waals surface area contributed by atoms with Gasteiger partial charge in [0.05, 0.1) is 4.88 Å². The monoisotopic (exact) mass is 275 g/mol. The smallest absolute Gasteiger partial charge is 0.110 e. The molecule has 102 valence electrons. The molecular weight excluding hydrogens is 254 g/mol. The zero-order valence-electron chi connectivity index (χ0n) is 12.0. The van der Waals surface area contributed by atoms with Gasteiger partial charge in [-0.25, -0.2) is 0 Å². The van der Waals surface area contributed by atoms with Crippen molar-refractivity contribution < 1.29 is 0 Å². The lowest BCUT2D eigenvalue weighted by Crippen LogP contribution is -2.18. The highest BCUT2D eigenvalue weighted by molar-refractivity contribution is 7.05. The fraction of sp³-hybridized carbons (Fsp3) is 0.467. The summed E-state index contributed by atoms with van der Waals surface area (Å²) in [6.07, 6.45) is 0. The van der Waals surface area contributed by atoms with Gasteiger partial charge in [0.1, 0.15) is 5.69 Å². The highest BCUT2D eigenvalue weighted by atomic mass is 32.1. The van der Waals surface area contributed by atoms with Gasteiger partial charge in [0.15, 0.2) is 0 Å². The summed E-state index contributed by atoms with van der Waals surface area (Å²) in [6, 6.07) is 6.47. The second-order valence-electron chi connectivity index (χ2n) is 5.37. The Balaban J connectivity index is 2.16. The maximum Gasteiger partial charge on any atom is 0.110 e. The van der Waals surface area contributed by atoms with Gasteiger partial charge in [-0.3, -0.25) is 0 Å². The molecule has 0 unspecified atom stereocenters. The first kappa shape index (κ1) is 14.2. The van der Waals surface area contributed by atoms with Gasteiger partial charge in [-0.15, -0.1) is 5.10 Å². The predicted octanol–water partition coefficient (Wildman–Crippen LogP) is 3.57. The van der Waals surface area contributed by atoms with E-state index in [-0.39, 0.29) is 0 Å². The topological polar surface area (TPSA) is 37.8 Å². The summed E-state index contributed by atoms with van der Waals surface area (Å²) >= 11 is 1.48. The third-order valence-electron chi connectivity index (χ3n) is 3.17. The third-order valence-corrected chi connectivity index (χ3v) is 3.90. The molecule has 0 aliphatic rings. The van der Waals surface area contributed by atoms with Gasteiger partial charge in [-0.05, 0) is 55.0 Å². The molecule has 3 nitrogen and oxygen atoms in total. The molecule has 0 fully saturated rings. The first-order chi connectivity index (χ1) is 9.08. The molecule has 0 saturated carbocycles. The number of aryl methyl sites for hydroxylation is 2. The molecule has 0 amide bonds. The van der Waals surface area contributed by atoms with E-state index in [1.165, 1.54) is 27.5 Å². The van der Waals surface area contributed by atoms with Crippen molar-refractivity contribution in [1.82, 2.24) is 14.9 Å². The first-order valence-corrected chi connectivity index (χ1v) is 7.45. The van der Waals surface area contributed by atoms with E-state index in [1.807, 2.05) is 0 Å². The molecule has 4 heteroatoms. The lowest BCUT2D eigenvalue weighted by Gasteiger charge is -2.07. The van der Waals surface area contributed by atoms with Gasteiger partial charge in [0.25, 0.3) is 0 Å². The SMILES string of the molecule is Cc1ccc(-c2nnsc2CNCC(C)C)cc1C. The molecule has 2 rings (SSSR count). The van der Waals surface area contributed by atoms with Crippen molar-refractivity contribution in [3.63, 3.8) is 0 Å². The molecule has 0 aliphatic heterocycles. The molecular formula is C15H21N3S. The van der Waals surface area contributed by atoms with Crippen LogP contribution in [-0.2, 0) is 6.54 Å². The standard InChI is InChI=1S/C15H21N3S/c1-10(2)8-16-9-14-15(17-18-19-14)13-6-5-11(3)12(4)7-13/h5-7,10,16H,8-9H2,1-4H3. The molecule has 19 heavy (non-hydrogen) atoms. The Hall–Kier alpha value is -1.26. The lowest BCUT2D eigenvalue weighted by molar-refractivity contribution is 0.555. The van der Waals surface area contributed by atoms with Crippen LogP contribution >= 0.6 is 11.5 Å². The van der Waals surface area contributed by atoms with Crippen molar-refractivity contribution in [3.05, 3.63) is 34.2 Å². The highest BCUT2D eigenvalue weighted by Crippen LogP contribution is 2.25. The highest BCUT2D eigenvalue weighted by Gasteiger charge is 2.10. The number of benzene rings is 1. The van der Waals surface area contributed by atoms with E-state index in [1.54, 1.807) is 0 Å². The van der Waals surface area contributed by atoms with E-state index in [0.29, 0.717) is 5.92 Å². The van der Waals surface area contributed by atoms with Gasteiger partial charge >= 0.3 is 0 Å². The molecule has 0 bridgehead atoms. The molecule has 0 spiro atoms. The van der Waals surface area contributed by atoms with Gasteiger partial charge in [0.2, 0.25) is 0 Å². The molecule has 1 aromatic heterocycles. The summed E-state index contributed by atoms with van der Waals surface area (Å²) in [5.41, 5.74) is 4.79. The minimum atomic E-state index is 0.658. The van der Waals surface area contributed by atoms with Gasteiger partial charge in [-0.1, -0.05) is 30.5 Å². The van der Waals surface area contributed by atoms with Crippen molar-refractivity contribution in [2.75, 3.05) is 6.54 Å². The largest absolute Gasteiger partial charge is 0.311 e. The number of rotatable bonds is 5. The number of nitrogens with one attached hydrogen (secondary N) is 1. The first-order valence-electron chi connectivity index (χ1n) is 6.67. The summed E-state index contributed by atoms with van der Waals surface area (Å²) in [6.45, 7) is 10.5. The third kappa shape index (κ3) is 3.61. The van der Waals surface area contributed by atoms with E-state index >= 15 is 0 Å². The fourth-order valence-electron chi connectivity index (χ4n) is 1.91. The Bertz CT molecular complexity index is 546. The van der Waals surface area contributed by atoms with Crippen LogP contribution in [-0.4, -0.2) is 16.1 Å². The molecule has 1 N–H and O–H groups in total. The average molecular weight is 275 g/mol. The Morgan fingerprint density at radius 3 is 2.68 bits per heavy atom. The Morgan fingerprint density at radius 2 is 2.00 bits per heavy atom. The van der Waals surface area contributed by atoms with Gasteiger partial charge in [-0.2, -0.15) is 0 Å². The zero-order valence-corrected chi connectivity index (χ0v) is 12.8. The molecule has 0 atom stereocenters. The quantitative estimate of drug-likeness (QED) is 0.906. The molecule has 0 aliphatic carbocycles. The van der Waals surface area contributed by atoms with Crippen LogP contribution < -0.4 is 5.32 Å². The van der Waals surface area contributed by atoms with E-state index in [4.69, 9.17) is 0 Å². The number of hydrogen-bond acceptors (Lipinski definition) is 4. The maximum atomic E-state index is 4.28. The van der Waals surface area contributed by atoms with Crippen LogP contribution in [0.5, 0.6) is 0 Å². The fourth-order valence-corrected chi connectivity index (χ4v) is 2.54. The minimum absolute atomic E-state index is 0.658. The van der Waals surface area contributed by atoms with Crippen molar-refractivity contribution in [3.8, 4) is 11.3 Å². The molecule has 1 heterocycles. The van der Waals surface area contributed by atoms with Gasteiger partial charge < -0.3 is 5.32 Å². The lowest BCUT2D eigenvalue weighted by atomic mass is 10.0. The van der Waals surface area contributed by atoms with Crippen molar-refractivity contribution >= 4 is 11.5 Å². The molecule has 0 radical (unpaired) electrons. The van der Waals surface area contributed by atoms with Crippen molar-refractivity contribution in [1.29, 1.82) is 0 Å². The summed E-state index contributed by atoms with van der Waals surface area (Å²) in [5, 5.41) is 7.74. The summed E-state index contributed by atoms with van der Waals surface area (Å²) in [5.74, 6) is 0.658. The summed E-state index contributed by atoms with van der Waals surface area (Å²) in [4.78, 5) is 1.21. The van der Waals surface area contributed by atoms with Crippen LogP contribution in [0.3, 0.4) is 0 Å². The number of nitrogens with zero attached hydrogens (tertiary/aromatic N) is 2. The van der Waals surface area contributed by atoms with Crippen LogP contribution in [0.2, 0.25) is 0 Å². The average Bonchev–Trinajstić information content (AvgIpc) is 2.80. The molecule has 2 aromatic rings. The Morgan fingerprint density at radius 1 is 1.21 bits per heavy atom. The van der Waals surface area contributed by atoms with E-state index < -0.39 is 0 Å². The second kappa shape index (κ2) is 6.26. The normalized spacial score (nSPS) is 11.2. The zero-order chi connectivity index (χ0) is 13.8. The molecule has 0 saturated heterocycles. The number of hydrogen-bond donors (Lipinski definition) is 1. The summed E-state index contributed by atoms with van der Waals surface area (Å²) < 4.78 is 4.10. The van der Waals surface area contributed by atoms with Crippen LogP contribution in [0.4, 0.5) is 0 Å². The summed E-state index contributed by atoms with van der Waals surface area (Å²) in [7, 11) is 0. The van der Waals surface area contributed by atoms with Crippen molar-refractivity contribution in [2.24, 2.45) is 5.92 Å². The predicted molar refractivity (Wildman–Crippen MR) is 81.4 cm³/mol. The van der Waals surface area contributed by atoms with Crippen LogP contribution in [0.15, 0.2) is 18.2 Å². The Kier molecular flexibility index (Phi) is 4.66. The van der Waals surface area contributed by atoms with E-state index in [0.717, 1.165) is 24.3 Å². The van der Waals surface area contributed by atoms with Crippen molar-refractivity contribution in [2.45, 2.75) is 34.2 Å². The minimum Gasteiger partial charge on any atom is -0.311 e. The van der Waals surface area contributed by atoms with E-state index in [2.05, 4.69) is 60.8 Å². The van der Waals surface area contributed by atoms with Crippen LogP contribution in [0.1, 0.15) is 29.9 Å².